The molecule has 4 nitrogen and oxygen atoms in total. The quantitative estimate of drug-likeness (QED) is 0.655. The summed E-state index contributed by atoms with van der Waals surface area (Å²) < 4.78 is 26.7. The van der Waals surface area contributed by atoms with E-state index >= 15 is 0 Å². The topological polar surface area (TPSA) is 65.8 Å². The van der Waals surface area contributed by atoms with Crippen LogP contribution in [0.2, 0.25) is 0 Å². The third-order valence-electron chi connectivity index (χ3n) is 3.61. The van der Waals surface area contributed by atoms with Gasteiger partial charge in [-0.25, -0.2) is 13.8 Å². The lowest BCUT2D eigenvalue weighted by Crippen LogP contribution is -2.15. The molecular formula is C20H13F2N3OS. The molecule has 134 valence electrons. The zero-order valence-corrected chi connectivity index (χ0v) is 14.8. The Labute approximate surface area is 158 Å². The van der Waals surface area contributed by atoms with Gasteiger partial charge in [0.15, 0.2) is 0 Å². The van der Waals surface area contributed by atoms with Crippen molar-refractivity contribution in [3.05, 3.63) is 77.9 Å². The monoisotopic (exact) mass is 381 g/mol. The highest BCUT2D eigenvalue weighted by Crippen LogP contribution is 2.25. The predicted molar refractivity (Wildman–Crippen MR) is 100 cm³/mol. The number of benzene rings is 2. The Kier molecular flexibility index (Phi) is 5.79. The van der Waals surface area contributed by atoms with Gasteiger partial charge in [0.25, 0.3) is 0 Å². The Morgan fingerprint density at radius 1 is 1.07 bits per heavy atom. The lowest BCUT2D eigenvalue weighted by atomic mass is 10.1. The molecule has 0 unspecified atom stereocenters. The van der Waals surface area contributed by atoms with Crippen molar-refractivity contribution < 1.29 is 13.6 Å². The molecule has 0 radical (unpaired) electrons. The first-order valence-electron chi connectivity index (χ1n) is 7.91. The van der Waals surface area contributed by atoms with E-state index in [1.807, 2.05) is 6.07 Å². The fourth-order valence-electron chi connectivity index (χ4n) is 2.30. The van der Waals surface area contributed by atoms with Crippen LogP contribution in [0.4, 0.5) is 14.5 Å². The van der Waals surface area contributed by atoms with Crippen LogP contribution < -0.4 is 5.32 Å². The molecule has 3 rings (SSSR count). The summed E-state index contributed by atoms with van der Waals surface area (Å²) >= 11 is 1.07. The highest BCUT2D eigenvalue weighted by molar-refractivity contribution is 8.00. The van der Waals surface area contributed by atoms with Gasteiger partial charge in [0.1, 0.15) is 22.7 Å². The molecule has 1 aromatic heterocycles. The van der Waals surface area contributed by atoms with Crippen LogP contribution in [0, 0.1) is 23.0 Å². The first-order chi connectivity index (χ1) is 13.1. The lowest BCUT2D eigenvalue weighted by Gasteiger charge is -2.08. The maximum absolute atomic E-state index is 13.6. The number of aromatic nitrogens is 1. The van der Waals surface area contributed by atoms with E-state index in [9.17, 15) is 18.8 Å². The fourth-order valence-corrected chi connectivity index (χ4v) is 3.07. The number of hydrogen-bond donors (Lipinski definition) is 1. The molecule has 1 amide bonds. The number of nitriles is 1. The van der Waals surface area contributed by atoms with Crippen molar-refractivity contribution >= 4 is 23.4 Å². The van der Waals surface area contributed by atoms with Gasteiger partial charge in [-0.1, -0.05) is 23.9 Å². The van der Waals surface area contributed by atoms with Crippen LogP contribution in [-0.2, 0) is 4.79 Å². The Morgan fingerprint density at radius 2 is 1.81 bits per heavy atom. The molecule has 1 heterocycles. The highest BCUT2D eigenvalue weighted by atomic mass is 32.2. The Balaban J connectivity index is 1.74. The van der Waals surface area contributed by atoms with E-state index in [4.69, 9.17) is 0 Å². The molecule has 27 heavy (non-hydrogen) atoms. The Bertz CT molecular complexity index is 1020. The molecule has 2 aromatic carbocycles. The number of pyridine rings is 1. The number of nitrogens with one attached hydrogen (secondary N) is 1. The second-order valence-electron chi connectivity index (χ2n) is 5.48. The minimum Gasteiger partial charge on any atom is -0.323 e. The third kappa shape index (κ3) is 4.68. The van der Waals surface area contributed by atoms with Crippen molar-refractivity contribution in [2.45, 2.75) is 5.03 Å². The van der Waals surface area contributed by atoms with E-state index in [1.165, 1.54) is 30.3 Å². The summed E-state index contributed by atoms with van der Waals surface area (Å²) in [5.74, 6) is -1.33. The highest BCUT2D eigenvalue weighted by Gasteiger charge is 2.12. The second-order valence-corrected chi connectivity index (χ2v) is 6.45. The van der Waals surface area contributed by atoms with E-state index in [-0.39, 0.29) is 17.3 Å². The smallest absolute Gasteiger partial charge is 0.234 e. The normalized spacial score (nSPS) is 10.3. The van der Waals surface area contributed by atoms with Crippen molar-refractivity contribution in [2.75, 3.05) is 11.1 Å². The molecule has 0 bridgehead atoms. The minimum absolute atomic E-state index is 0.0388. The van der Waals surface area contributed by atoms with Crippen LogP contribution in [0.3, 0.4) is 0 Å². The number of amides is 1. The molecule has 0 fully saturated rings. The number of rotatable bonds is 5. The van der Waals surface area contributed by atoms with Gasteiger partial charge in [-0.3, -0.25) is 4.79 Å². The Hall–Kier alpha value is -3.24. The van der Waals surface area contributed by atoms with Crippen molar-refractivity contribution in [1.29, 1.82) is 5.26 Å². The van der Waals surface area contributed by atoms with Crippen LogP contribution >= 0.6 is 11.8 Å². The van der Waals surface area contributed by atoms with Crippen LogP contribution in [0.5, 0.6) is 0 Å². The molecule has 7 heteroatoms. The van der Waals surface area contributed by atoms with Gasteiger partial charge < -0.3 is 5.32 Å². The van der Waals surface area contributed by atoms with Crippen LogP contribution in [0.15, 0.2) is 65.7 Å². The summed E-state index contributed by atoms with van der Waals surface area (Å²) in [6.07, 6.45) is 0. The molecule has 0 spiro atoms. The molecule has 3 aromatic rings. The largest absolute Gasteiger partial charge is 0.323 e. The number of carbonyl (C=O) groups is 1. The van der Waals surface area contributed by atoms with E-state index in [0.717, 1.165) is 11.8 Å². The lowest BCUT2D eigenvalue weighted by molar-refractivity contribution is -0.113. The summed E-state index contributed by atoms with van der Waals surface area (Å²) in [4.78, 5) is 16.5. The maximum atomic E-state index is 13.6. The summed E-state index contributed by atoms with van der Waals surface area (Å²) in [6, 6.07) is 17.0. The number of para-hydroxylation sites is 1. The maximum Gasteiger partial charge on any atom is 0.234 e. The first-order valence-corrected chi connectivity index (χ1v) is 8.89. The van der Waals surface area contributed by atoms with Gasteiger partial charge in [0.05, 0.1) is 22.7 Å². The van der Waals surface area contributed by atoms with Crippen LogP contribution in [-0.4, -0.2) is 16.6 Å². The standard InChI is InChI=1S/C20H13F2N3OS/c21-15-8-5-13(6-9-15)17-10-7-14(11-23)20(25-17)27-12-19(26)24-18-4-2-1-3-16(18)22/h1-10H,12H2,(H,24,26). The molecule has 1 N–H and O–H groups in total. The van der Waals surface area contributed by atoms with Crippen molar-refractivity contribution in [2.24, 2.45) is 0 Å². The van der Waals surface area contributed by atoms with E-state index in [2.05, 4.69) is 10.3 Å². The summed E-state index contributed by atoms with van der Waals surface area (Å²) in [5.41, 5.74) is 1.67. The number of carbonyl (C=O) groups excluding carboxylic acids is 1. The van der Waals surface area contributed by atoms with Crippen molar-refractivity contribution in [3.63, 3.8) is 0 Å². The fraction of sp³-hybridized carbons (Fsp3) is 0.0500. The number of anilines is 1. The van der Waals surface area contributed by atoms with E-state index in [1.54, 1.807) is 30.3 Å². The van der Waals surface area contributed by atoms with Gasteiger partial charge in [0, 0.05) is 5.56 Å². The predicted octanol–water partition coefficient (Wildman–Crippen LogP) is 4.63. The molecule has 0 aliphatic rings. The molecule has 0 aliphatic carbocycles. The molecule has 0 aliphatic heterocycles. The van der Waals surface area contributed by atoms with Gasteiger partial charge in [0.2, 0.25) is 5.91 Å². The minimum atomic E-state index is -0.523. The number of hydrogen-bond acceptors (Lipinski definition) is 4. The van der Waals surface area contributed by atoms with Crippen LogP contribution in [0.1, 0.15) is 5.56 Å². The van der Waals surface area contributed by atoms with Crippen LogP contribution in [0.25, 0.3) is 11.3 Å². The van der Waals surface area contributed by atoms with Gasteiger partial charge >= 0.3 is 0 Å². The first kappa shape index (κ1) is 18.5. The average molecular weight is 381 g/mol. The summed E-state index contributed by atoms with van der Waals surface area (Å²) in [6.45, 7) is 0. The zero-order chi connectivity index (χ0) is 19.2. The number of halogens is 2. The van der Waals surface area contributed by atoms with Crippen molar-refractivity contribution in [1.82, 2.24) is 4.98 Å². The average Bonchev–Trinajstić information content (AvgIpc) is 2.68. The zero-order valence-electron chi connectivity index (χ0n) is 13.9. The third-order valence-corrected chi connectivity index (χ3v) is 4.60. The number of nitrogens with zero attached hydrogens (tertiary/aromatic N) is 2. The second kappa shape index (κ2) is 8.43. The molecule has 0 saturated carbocycles. The SMILES string of the molecule is N#Cc1ccc(-c2ccc(F)cc2)nc1SCC(=O)Nc1ccccc1F. The number of thioether (sulfide) groups is 1. The summed E-state index contributed by atoms with van der Waals surface area (Å²) in [7, 11) is 0. The summed E-state index contributed by atoms with van der Waals surface area (Å²) in [5, 5.41) is 12.1. The molecule has 0 atom stereocenters. The van der Waals surface area contributed by atoms with E-state index in [0.29, 0.717) is 21.8 Å². The van der Waals surface area contributed by atoms with Gasteiger partial charge in [-0.2, -0.15) is 5.26 Å². The molecular weight excluding hydrogens is 368 g/mol. The van der Waals surface area contributed by atoms with Gasteiger partial charge in [-0.05, 0) is 48.5 Å². The van der Waals surface area contributed by atoms with Gasteiger partial charge in [-0.15, -0.1) is 0 Å². The van der Waals surface area contributed by atoms with E-state index < -0.39 is 11.7 Å². The Morgan fingerprint density at radius 3 is 2.52 bits per heavy atom. The molecule has 0 saturated heterocycles. The van der Waals surface area contributed by atoms with Crippen molar-refractivity contribution in [3.8, 4) is 17.3 Å².